The van der Waals surface area contributed by atoms with E-state index in [1.807, 2.05) is 24.3 Å². The molecule has 10 rings (SSSR count). The van der Waals surface area contributed by atoms with Gasteiger partial charge in [-0.2, -0.15) is 5.26 Å². The Morgan fingerprint density at radius 1 is 0.328 bits per heavy atom. The smallest absolute Gasteiger partial charge is 0.0991 e. The highest BCUT2D eigenvalue weighted by Gasteiger charge is 2.38. The largest absolute Gasteiger partial charge is 0.309 e. The summed E-state index contributed by atoms with van der Waals surface area (Å²) in [5.41, 5.74) is 15.3. The minimum atomic E-state index is -0.597. The van der Waals surface area contributed by atoms with E-state index in [9.17, 15) is 5.26 Å². The fourth-order valence-electron chi connectivity index (χ4n) is 8.81. The van der Waals surface area contributed by atoms with Gasteiger partial charge >= 0.3 is 0 Å². The summed E-state index contributed by atoms with van der Waals surface area (Å²) >= 11 is 0. The molecule has 0 N–H and O–H groups in total. The Morgan fingerprint density at radius 2 is 0.672 bits per heavy atom. The highest BCUT2D eigenvalue weighted by molar-refractivity contribution is 6.11. The molecule has 1 aromatic heterocycles. The number of hydrogen-bond donors (Lipinski definition) is 0. The Labute approximate surface area is 339 Å². The van der Waals surface area contributed by atoms with E-state index in [2.05, 4.69) is 217 Å². The van der Waals surface area contributed by atoms with Crippen LogP contribution < -0.4 is 0 Å². The van der Waals surface area contributed by atoms with E-state index in [1.165, 1.54) is 66.3 Å². The second kappa shape index (κ2) is 14.7. The van der Waals surface area contributed by atoms with Crippen LogP contribution in [0.25, 0.3) is 60.9 Å². The van der Waals surface area contributed by atoms with Crippen molar-refractivity contribution < 1.29 is 0 Å². The summed E-state index contributed by atoms with van der Waals surface area (Å²) in [4.78, 5) is 0. The molecule has 0 aliphatic rings. The predicted molar refractivity (Wildman–Crippen MR) is 240 cm³/mol. The maximum Gasteiger partial charge on any atom is 0.0991 e. The number of aromatic nitrogens is 1. The van der Waals surface area contributed by atoms with E-state index in [4.69, 9.17) is 0 Å². The predicted octanol–water partition coefficient (Wildman–Crippen LogP) is 14.0. The molecule has 0 saturated heterocycles. The summed E-state index contributed by atoms with van der Waals surface area (Å²) in [7, 11) is 0. The Kier molecular flexibility index (Phi) is 8.82. The lowest BCUT2D eigenvalue weighted by atomic mass is 9.65. The molecule has 0 bridgehead atoms. The molecule has 0 radical (unpaired) electrons. The molecule has 272 valence electrons. The van der Waals surface area contributed by atoms with Gasteiger partial charge in [-0.3, -0.25) is 0 Å². The third kappa shape index (κ3) is 5.98. The standard InChI is InChI=1S/C56H38N2/c57-39-40-21-23-43(24-22-40)44-25-29-49(30-26-44)56(47-17-9-3-10-18-47,48-19-11-4-12-20-48)50-31-33-51(34-32-50)58-54-35-27-45(41-13-5-1-6-14-41)37-52(54)53-38-46(28-36-55(53)58)42-15-7-2-8-16-42/h1-38H. The molecule has 0 unspecified atom stereocenters. The van der Waals surface area contributed by atoms with Crippen LogP contribution in [0.2, 0.25) is 0 Å². The molecule has 0 spiro atoms. The average Bonchev–Trinajstić information content (AvgIpc) is 3.64. The molecule has 1 heterocycles. The summed E-state index contributed by atoms with van der Waals surface area (Å²) in [6, 6.07) is 84.9. The van der Waals surface area contributed by atoms with Gasteiger partial charge in [0.15, 0.2) is 0 Å². The summed E-state index contributed by atoms with van der Waals surface area (Å²) in [5, 5.41) is 11.8. The summed E-state index contributed by atoms with van der Waals surface area (Å²) in [6.45, 7) is 0. The van der Waals surface area contributed by atoms with Gasteiger partial charge in [0.2, 0.25) is 0 Å². The number of hydrogen-bond acceptors (Lipinski definition) is 1. The second-order valence-electron chi connectivity index (χ2n) is 14.8. The minimum absolute atomic E-state index is 0.597. The molecule has 0 amide bonds. The molecule has 10 aromatic rings. The van der Waals surface area contributed by atoms with Crippen molar-refractivity contribution >= 4 is 21.8 Å². The van der Waals surface area contributed by atoms with Gasteiger partial charge in [0.05, 0.1) is 28.1 Å². The highest BCUT2D eigenvalue weighted by atomic mass is 15.0. The summed E-state index contributed by atoms with van der Waals surface area (Å²) < 4.78 is 2.41. The van der Waals surface area contributed by atoms with Crippen molar-refractivity contribution in [3.63, 3.8) is 0 Å². The van der Waals surface area contributed by atoms with E-state index in [0.29, 0.717) is 5.56 Å². The summed E-state index contributed by atoms with van der Waals surface area (Å²) in [5.74, 6) is 0. The molecule has 0 saturated carbocycles. The van der Waals surface area contributed by atoms with Crippen LogP contribution >= 0.6 is 0 Å². The van der Waals surface area contributed by atoms with Crippen molar-refractivity contribution in [1.29, 1.82) is 5.26 Å². The number of rotatable bonds is 8. The quantitative estimate of drug-likeness (QED) is 0.143. The highest BCUT2D eigenvalue weighted by Crippen LogP contribution is 2.46. The lowest BCUT2D eigenvalue weighted by Gasteiger charge is -2.37. The molecule has 2 heteroatoms. The van der Waals surface area contributed by atoms with Crippen molar-refractivity contribution in [2.45, 2.75) is 5.41 Å². The van der Waals surface area contributed by atoms with Gasteiger partial charge in [-0.05, 0) is 104 Å². The first-order valence-electron chi connectivity index (χ1n) is 19.7. The first-order chi connectivity index (χ1) is 28.7. The zero-order valence-corrected chi connectivity index (χ0v) is 31.8. The SMILES string of the molecule is N#Cc1ccc(-c2ccc(C(c3ccccc3)(c3ccccc3)c3ccc(-n4c5ccc(-c6ccccc6)cc5c5cc(-c6ccccc6)ccc54)cc3)cc2)cc1. The van der Waals surface area contributed by atoms with E-state index >= 15 is 0 Å². The lowest BCUT2D eigenvalue weighted by molar-refractivity contribution is 0.745. The van der Waals surface area contributed by atoms with Gasteiger partial charge in [0, 0.05) is 16.5 Å². The van der Waals surface area contributed by atoms with E-state index in [0.717, 1.165) is 16.8 Å². The average molecular weight is 739 g/mol. The monoisotopic (exact) mass is 738 g/mol. The van der Waals surface area contributed by atoms with Gasteiger partial charge < -0.3 is 4.57 Å². The van der Waals surface area contributed by atoms with Gasteiger partial charge in [0.25, 0.3) is 0 Å². The van der Waals surface area contributed by atoms with Crippen LogP contribution in [0.15, 0.2) is 231 Å². The number of nitriles is 1. The molecule has 2 nitrogen and oxygen atoms in total. The third-order valence-corrected chi connectivity index (χ3v) is 11.6. The van der Waals surface area contributed by atoms with Crippen LogP contribution in [0, 0.1) is 11.3 Å². The third-order valence-electron chi connectivity index (χ3n) is 11.6. The Balaban J connectivity index is 1.15. The second-order valence-corrected chi connectivity index (χ2v) is 14.8. The van der Waals surface area contributed by atoms with E-state index in [1.54, 1.807) is 0 Å². The van der Waals surface area contributed by atoms with Crippen LogP contribution in [-0.2, 0) is 5.41 Å². The molecule has 0 atom stereocenters. The topological polar surface area (TPSA) is 28.7 Å². The molecular formula is C56H38N2. The van der Waals surface area contributed by atoms with Crippen LogP contribution in [0.4, 0.5) is 0 Å². The van der Waals surface area contributed by atoms with Gasteiger partial charge in [-0.25, -0.2) is 0 Å². The van der Waals surface area contributed by atoms with Gasteiger partial charge in [0.1, 0.15) is 0 Å². The zero-order chi connectivity index (χ0) is 38.9. The number of fused-ring (bicyclic) bond motifs is 3. The summed E-state index contributed by atoms with van der Waals surface area (Å²) in [6.07, 6.45) is 0. The number of benzene rings is 9. The van der Waals surface area contributed by atoms with Crippen molar-refractivity contribution in [3.8, 4) is 45.1 Å². The van der Waals surface area contributed by atoms with Crippen molar-refractivity contribution in [2.75, 3.05) is 0 Å². The van der Waals surface area contributed by atoms with Crippen LogP contribution in [-0.4, -0.2) is 4.57 Å². The van der Waals surface area contributed by atoms with Crippen LogP contribution in [0.5, 0.6) is 0 Å². The first kappa shape index (κ1) is 34.7. The normalized spacial score (nSPS) is 11.4. The Hall–Kier alpha value is -7.73. The lowest BCUT2D eigenvalue weighted by Crippen LogP contribution is -2.31. The Morgan fingerprint density at radius 3 is 1.10 bits per heavy atom. The van der Waals surface area contributed by atoms with E-state index in [-0.39, 0.29) is 0 Å². The van der Waals surface area contributed by atoms with Crippen LogP contribution in [0.3, 0.4) is 0 Å². The molecular weight excluding hydrogens is 701 g/mol. The fraction of sp³-hybridized carbons (Fsp3) is 0.0179. The van der Waals surface area contributed by atoms with Crippen LogP contribution in [0.1, 0.15) is 27.8 Å². The molecule has 0 aliphatic heterocycles. The van der Waals surface area contributed by atoms with Crippen molar-refractivity contribution in [2.24, 2.45) is 0 Å². The first-order valence-corrected chi connectivity index (χ1v) is 19.7. The van der Waals surface area contributed by atoms with E-state index < -0.39 is 5.41 Å². The maximum atomic E-state index is 9.36. The van der Waals surface area contributed by atoms with Gasteiger partial charge in [-0.15, -0.1) is 0 Å². The molecule has 58 heavy (non-hydrogen) atoms. The van der Waals surface area contributed by atoms with Gasteiger partial charge in [-0.1, -0.05) is 182 Å². The Bertz CT molecular complexity index is 2910. The molecule has 9 aromatic carbocycles. The molecule has 0 aliphatic carbocycles. The van der Waals surface area contributed by atoms with Crippen molar-refractivity contribution in [3.05, 3.63) is 258 Å². The number of nitrogens with zero attached hydrogens (tertiary/aromatic N) is 2. The van der Waals surface area contributed by atoms with Crippen molar-refractivity contribution in [1.82, 2.24) is 4.57 Å². The molecule has 0 fully saturated rings. The minimum Gasteiger partial charge on any atom is -0.309 e. The maximum absolute atomic E-state index is 9.36. The zero-order valence-electron chi connectivity index (χ0n) is 31.8. The fourth-order valence-corrected chi connectivity index (χ4v) is 8.81.